The van der Waals surface area contributed by atoms with E-state index in [0.717, 1.165) is 29.2 Å². The molecule has 3 aromatic rings. The van der Waals surface area contributed by atoms with Crippen LogP contribution in [0.25, 0.3) is 0 Å². The summed E-state index contributed by atoms with van der Waals surface area (Å²) in [6.45, 7) is 3.23. The van der Waals surface area contributed by atoms with Gasteiger partial charge in [-0.2, -0.15) is 0 Å². The lowest BCUT2D eigenvalue weighted by atomic mass is 10.1. The molecule has 0 fully saturated rings. The molecule has 28 heavy (non-hydrogen) atoms. The third kappa shape index (κ3) is 3.99. The molecule has 1 amide bonds. The van der Waals surface area contributed by atoms with E-state index in [2.05, 4.69) is 21.4 Å². The molecule has 0 bridgehead atoms. The molecule has 0 saturated carbocycles. The van der Waals surface area contributed by atoms with E-state index < -0.39 is 0 Å². The number of carbonyl (C=O) groups is 1. The van der Waals surface area contributed by atoms with E-state index in [9.17, 15) is 4.79 Å². The summed E-state index contributed by atoms with van der Waals surface area (Å²) in [6, 6.07) is 17.5. The van der Waals surface area contributed by atoms with Crippen molar-refractivity contribution in [2.45, 2.75) is 19.8 Å². The summed E-state index contributed by atoms with van der Waals surface area (Å²) in [5.74, 6) is 0.390. The van der Waals surface area contributed by atoms with E-state index in [1.807, 2.05) is 49.4 Å². The first-order valence-corrected chi connectivity index (χ1v) is 9.72. The van der Waals surface area contributed by atoms with Crippen molar-refractivity contribution in [2.75, 3.05) is 23.3 Å². The molecule has 6 heteroatoms. The second kappa shape index (κ2) is 7.98. The molecule has 0 aliphatic carbocycles. The highest BCUT2D eigenvalue weighted by atomic mass is 35.5. The van der Waals surface area contributed by atoms with Crippen molar-refractivity contribution in [3.8, 4) is 0 Å². The summed E-state index contributed by atoms with van der Waals surface area (Å²) < 4.78 is 0. The number of aromatic nitrogens is 2. The third-order valence-corrected chi connectivity index (χ3v) is 5.07. The number of hydrogen-bond donors (Lipinski definition) is 1. The van der Waals surface area contributed by atoms with Crippen molar-refractivity contribution < 1.29 is 4.79 Å². The molecule has 4 rings (SSSR count). The summed E-state index contributed by atoms with van der Waals surface area (Å²) >= 11 is 5.92. The van der Waals surface area contributed by atoms with E-state index in [-0.39, 0.29) is 5.91 Å². The smallest absolute Gasteiger partial charge is 0.277 e. The maximum Gasteiger partial charge on any atom is 0.277 e. The van der Waals surface area contributed by atoms with Gasteiger partial charge in [-0.1, -0.05) is 41.9 Å². The first kappa shape index (κ1) is 18.4. The Morgan fingerprint density at radius 1 is 1.14 bits per heavy atom. The molecule has 2 aromatic carbocycles. The first-order chi connectivity index (χ1) is 13.6. The summed E-state index contributed by atoms with van der Waals surface area (Å²) in [7, 11) is 0. The zero-order valence-electron chi connectivity index (χ0n) is 15.7. The van der Waals surface area contributed by atoms with Crippen LogP contribution in [0.3, 0.4) is 0 Å². The largest absolute Gasteiger partial charge is 0.354 e. The van der Waals surface area contributed by atoms with Gasteiger partial charge in [0.25, 0.3) is 5.91 Å². The van der Waals surface area contributed by atoms with Crippen LogP contribution >= 0.6 is 11.6 Å². The van der Waals surface area contributed by atoms with Crippen molar-refractivity contribution >= 4 is 29.1 Å². The number of anilines is 2. The number of fused-ring (bicyclic) bond motifs is 1. The van der Waals surface area contributed by atoms with Crippen LogP contribution in [0.4, 0.5) is 11.6 Å². The Balaban J connectivity index is 1.46. The average molecular weight is 393 g/mol. The number of nitrogens with one attached hydrogen (secondary N) is 1. The Morgan fingerprint density at radius 3 is 2.75 bits per heavy atom. The van der Waals surface area contributed by atoms with Gasteiger partial charge in [-0.05, 0) is 55.2 Å². The minimum atomic E-state index is -0.0869. The number of benzene rings is 2. The number of rotatable bonds is 5. The Bertz CT molecular complexity index is 1000. The molecule has 0 atom stereocenters. The number of carbonyl (C=O) groups excluding carboxylic acids is 1. The molecule has 0 saturated heterocycles. The standard InChI is InChI=1S/C22H21ClN4O/c1-15-14-19(21(28)27-13-11-17-4-2-3-5-20(17)27)26-22(25-15)24-12-10-16-6-8-18(23)9-7-16/h2-9,14H,10-13H2,1H3,(H,24,25,26). The van der Waals surface area contributed by atoms with Crippen molar-refractivity contribution in [1.29, 1.82) is 0 Å². The second-order valence-electron chi connectivity index (χ2n) is 6.86. The third-order valence-electron chi connectivity index (χ3n) is 4.82. The van der Waals surface area contributed by atoms with Crippen LogP contribution in [0, 0.1) is 6.92 Å². The number of halogens is 1. The van der Waals surface area contributed by atoms with E-state index in [4.69, 9.17) is 11.6 Å². The number of aryl methyl sites for hydroxylation is 1. The summed E-state index contributed by atoms with van der Waals surface area (Å²) in [5, 5.41) is 3.95. The van der Waals surface area contributed by atoms with Gasteiger partial charge < -0.3 is 10.2 Å². The quantitative estimate of drug-likeness (QED) is 0.703. The highest BCUT2D eigenvalue weighted by molar-refractivity contribution is 6.30. The zero-order chi connectivity index (χ0) is 19.5. The van der Waals surface area contributed by atoms with Gasteiger partial charge in [0.15, 0.2) is 0 Å². The minimum absolute atomic E-state index is 0.0869. The lowest BCUT2D eigenvalue weighted by Crippen LogP contribution is -2.30. The molecule has 142 valence electrons. The molecule has 0 spiro atoms. The number of nitrogens with zero attached hydrogens (tertiary/aromatic N) is 3. The SMILES string of the molecule is Cc1cc(C(=O)N2CCc3ccccc32)nc(NCCc2ccc(Cl)cc2)n1. The molecule has 0 radical (unpaired) electrons. The Morgan fingerprint density at radius 2 is 1.93 bits per heavy atom. The van der Waals surface area contributed by atoms with Crippen LogP contribution < -0.4 is 10.2 Å². The fraction of sp³-hybridized carbons (Fsp3) is 0.227. The predicted octanol–water partition coefficient (Wildman–Crippen LogP) is 4.30. The molecule has 1 N–H and O–H groups in total. The average Bonchev–Trinajstić information content (AvgIpc) is 3.13. The van der Waals surface area contributed by atoms with E-state index in [0.29, 0.717) is 24.7 Å². The molecule has 2 heterocycles. The molecule has 1 aromatic heterocycles. The minimum Gasteiger partial charge on any atom is -0.354 e. The van der Waals surface area contributed by atoms with Crippen LogP contribution in [0.1, 0.15) is 27.3 Å². The van der Waals surface area contributed by atoms with Gasteiger partial charge in [-0.25, -0.2) is 9.97 Å². The maximum atomic E-state index is 13.0. The molecule has 5 nitrogen and oxygen atoms in total. The van der Waals surface area contributed by atoms with Gasteiger partial charge in [0.2, 0.25) is 5.95 Å². The van der Waals surface area contributed by atoms with Crippen LogP contribution in [0.2, 0.25) is 5.02 Å². The van der Waals surface area contributed by atoms with Crippen molar-refractivity contribution in [3.63, 3.8) is 0 Å². The molecule has 1 aliphatic heterocycles. The lowest BCUT2D eigenvalue weighted by Gasteiger charge is -2.17. The zero-order valence-corrected chi connectivity index (χ0v) is 16.4. The lowest BCUT2D eigenvalue weighted by molar-refractivity contribution is 0.0984. The van der Waals surface area contributed by atoms with Crippen molar-refractivity contribution in [3.05, 3.63) is 82.1 Å². The van der Waals surface area contributed by atoms with Gasteiger partial charge in [0.05, 0.1) is 0 Å². The highest BCUT2D eigenvalue weighted by Gasteiger charge is 2.26. The number of amides is 1. The predicted molar refractivity (Wildman–Crippen MR) is 112 cm³/mol. The van der Waals surface area contributed by atoms with Crippen molar-refractivity contribution in [1.82, 2.24) is 9.97 Å². The molecule has 0 unspecified atom stereocenters. The summed E-state index contributed by atoms with van der Waals surface area (Å²) in [4.78, 5) is 23.7. The molecular weight excluding hydrogens is 372 g/mol. The molecule has 1 aliphatic rings. The van der Waals surface area contributed by atoms with Gasteiger partial charge in [-0.3, -0.25) is 4.79 Å². The number of hydrogen-bond acceptors (Lipinski definition) is 4. The second-order valence-corrected chi connectivity index (χ2v) is 7.29. The van der Waals surface area contributed by atoms with Crippen LogP contribution in [0.15, 0.2) is 54.6 Å². The maximum absolute atomic E-state index is 13.0. The fourth-order valence-corrected chi connectivity index (χ4v) is 3.54. The van der Waals surface area contributed by atoms with Gasteiger partial charge in [0.1, 0.15) is 5.69 Å². The van der Waals surface area contributed by atoms with Crippen LogP contribution in [-0.2, 0) is 12.8 Å². The van der Waals surface area contributed by atoms with E-state index in [1.165, 1.54) is 11.1 Å². The van der Waals surface area contributed by atoms with E-state index >= 15 is 0 Å². The highest BCUT2D eigenvalue weighted by Crippen LogP contribution is 2.28. The molecular formula is C22H21ClN4O. The fourth-order valence-electron chi connectivity index (χ4n) is 3.41. The first-order valence-electron chi connectivity index (χ1n) is 9.34. The summed E-state index contributed by atoms with van der Waals surface area (Å²) in [6.07, 6.45) is 1.69. The Kier molecular flexibility index (Phi) is 5.26. The monoisotopic (exact) mass is 392 g/mol. The topological polar surface area (TPSA) is 58.1 Å². The van der Waals surface area contributed by atoms with Crippen LogP contribution in [0.5, 0.6) is 0 Å². The Hall–Kier alpha value is -2.92. The summed E-state index contributed by atoms with van der Waals surface area (Å²) in [5.41, 5.74) is 4.52. The normalized spacial score (nSPS) is 12.7. The number of para-hydroxylation sites is 1. The van der Waals surface area contributed by atoms with Gasteiger partial charge >= 0.3 is 0 Å². The van der Waals surface area contributed by atoms with Crippen molar-refractivity contribution in [2.24, 2.45) is 0 Å². The van der Waals surface area contributed by atoms with Gasteiger partial charge in [0, 0.05) is 29.5 Å². The van der Waals surface area contributed by atoms with Crippen LogP contribution in [-0.4, -0.2) is 29.0 Å². The Labute approximate surface area is 169 Å². The van der Waals surface area contributed by atoms with Gasteiger partial charge in [-0.15, -0.1) is 0 Å². The van der Waals surface area contributed by atoms with E-state index in [1.54, 1.807) is 11.0 Å².